The molecule has 1 aromatic rings. The number of hydrogen-bond acceptors (Lipinski definition) is 5. The van der Waals surface area contributed by atoms with E-state index in [4.69, 9.17) is 15.6 Å². The van der Waals surface area contributed by atoms with E-state index in [0.29, 0.717) is 19.6 Å². The van der Waals surface area contributed by atoms with Gasteiger partial charge in [0.25, 0.3) is 0 Å². The zero-order chi connectivity index (χ0) is 9.52. The van der Waals surface area contributed by atoms with E-state index >= 15 is 0 Å². The predicted octanol–water partition coefficient (Wildman–Crippen LogP) is 0.542. The molecule has 0 aliphatic heterocycles. The number of nitrogens with two attached hydrogens (primary N) is 1. The molecule has 0 saturated carbocycles. The smallest absolute Gasteiger partial charge is 0.123 e. The molecule has 0 spiro atoms. The molecule has 1 unspecified atom stereocenters. The highest BCUT2D eigenvalue weighted by atomic mass is 32.1. The first kappa shape index (κ1) is 10.6. The average molecular weight is 202 g/mol. The minimum absolute atomic E-state index is 0.119. The summed E-state index contributed by atoms with van der Waals surface area (Å²) in [5.74, 6) is 0. The van der Waals surface area contributed by atoms with Crippen LogP contribution in [0.3, 0.4) is 0 Å². The fourth-order valence-corrected chi connectivity index (χ4v) is 1.62. The number of aliphatic hydroxyl groups excluding tert-OH is 1. The van der Waals surface area contributed by atoms with Crippen LogP contribution in [0.5, 0.6) is 0 Å². The van der Waals surface area contributed by atoms with E-state index in [-0.39, 0.29) is 12.7 Å². The summed E-state index contributed by atoms with van der Waals surface area (Å²) in [4.78, 5) is 4.12. The monoisotopic (exact) mass is 202 g/mol. The summed E-state index contributed by atoms with van der Waals surface area (Å²) in [6, 6.07) is 0. The van der Waals surface area contributed by atoms with Crippen molar-refractivity contribution in [3.63, 3.8) is 0 Å². The standard InChI is InChI=1S/C8H14N2O2S/c9-6-7(12-4-1-3-11)8-10-2-5-13-8/h2,5,7,11H,1,3-4,6,9H2. The molecule has 4 nitrogen and oxygen atoms in total. The van der Waals surface area contributed by atoms with E-state index < -0.39 is 0 Å². The van der Waals surface area contributed by atoms with Crippen LogP contribution in [-0.4, -0.2) is 29.8 Å². The van der Waals surface area contributed by atoms with Gasteiger partial charge in [-0.05, 0) is 6.42 Å². The third-order valence-electron chi connectivity index (χ3n) is 1.56. The second kappa shape index (κ2) is 6.04. The number of hydrogen-bond donors (Lipinski definition) is 2. The molecule has 1 aromatic heterocycles. The first-order valence-electron chi connectivity index (χ1n) is 4.20. The van der Waals surface area contributed by atoms with Gasteiger partial charge in [0.2, 0.25) is 0 Å². The Kier molecular flexibility index (Phi) is 4.92. The summed E-state index contributed by atoms with van der Waals surface area (Å²) in [6.45, 7) is 1.10. The molecule has 13 heavy (non-hydrogen) atoms. The van der Waals surface area contributed by atoms with Gasteiger partial charge in [0.15, 0.2) is 0 Å². The summed E-state index contributed by atoms with van der Waals surface area (Å²) in [7, 11) is 0. The van der Waals surface area contributed by atoms with Gasteiger partial charge in [-0.2, -0.15) is 0 Å². The molecule has 0 amide bonds. The number of rotatable bonds is 6. The number of nitrogens with zero attached hydrogens (tertiary/aromatic N) is 1. The molecule has 0 saturated heterocycles. The Morgan fingerprint density at radius 1 is 1.69 bits per heavy atom. The Morgan fingerprint density at radius 3 is 3.08 bits per heavy atom. The van der Waals surface area contributed by atoms with Gasteiger partial charge < -0.3 is 15.6 Å². The molecule has 0 bridgehead atoms. The second-order valence-corrected chi connectivity index (χ2v) is 3.47. The Hall–Kier alpha value is -0.490. The molecule has 3 N–H and O–H groups in total. The highest BCUT2D eigenvalue weighted by Crippen LogP contribution is 2.18. The largest absolute Gasteiger partial charge is 0.396 e. The van der Waals surface area contributed by atoms with Crippen LogP contribution in [0.25, 0.3) is 0 Å². The lowest BCUT2D eigenvalue weighted by atomic mass is 10.3. The molecule has 0 radical (unpaired) electrons. The number of aromatic nitrogens is 1. The Balaban J connectivity index is 2.35. The lowest BCUT2D eigenvalue weighted by Crippen LogP contribution is -2.16. The molecule has 0 fully saturated rings. The Morgan fingerprint density at radius 2 is 2.54 bits per heavy atom. The molecule has 0 aliphatic carbocycles. The van der Waals surface area contributed by atoms with Gasteiger partial charge in [-0.25, -0.2) is 4.98 Å². The average Bonchev–Trinajstić information content (AvgIpc) is 2.65. The van der Waals surface area contributed by atoms with Crippen LogP contribution in [0, 0.1) is 0 Å². The van der Waals surface area contributed by atoms with Crippen LogP contribution in [0.2, 0.25) is 0 Å². The summed E-state index contributed by atoms with van der Waals surface area (Å²) in [5.41, 5.74) is 5.53. The third-order valence-corrected chi connectivity index (χ3v) is 2.43. The van der Waals surface area contributed by atoms with Crippen molar-refractivity contribution in [1.82, 2.24) is 4.98 Å². The van der Waals surface area contributed by atoms with Crippen LogP contribution in [-0.2, 0) is 4.74 Å². The first-order chi connectivity index (χ1) is 6.38. The van der Waals surface area contributed by atoms with Crippen LogP contribution < -0.4 is 5.73 Å². The lowest BCUT2D eigenvalue weighted by molar-refractivity contribution is 0.0487. The molecule has 0 aliphatic rings. The molecule has 1 heterocycles. The van der Waals surface area contributed by atoms with Crippen molar-refractivity contribution in [2.24, 2.45) is 5.73 Å². The molecule has 1 atom stereocenters. The zero-order valence-corrected chi connectivity index (χ0v) is 8.17. The van der Waals surface area contributed by atoms with Gasteiger partial charge in [-0.1, -0.05) is 0 Å². The second-order valence-electron chi connectivity index (χ2n) is 2.54. The summed E-state index contributed by atoms with van der Waals surface area (Å²) < 4.78 is 5.44. The SMILES string of the molecule is NCC(OCCCO)c1nccs1. The van der Waals surface area contributed by atoms with Crippen molar-refractivity contribution in [2.75, 3.05) is 19.8 Å². The summed E-state index contributed by atoms with van der Waals surface area (Å²) >= 11 is 1.54. The van der Waals surface area contributed by atoms with Crippen LogP contribution in [0.4, 0.5) is 0 Å². The molecule has 0 aromatic carbocycles. The fourth-order valence-electron chi connectivity index (χ4n) is 0.924. The quantitative estimate of drug-likeness (QED) is 0.661. The minimum Gasteiger partial charge on any atom is -0.396 e. The highest BCUT2D eigenvalue weighted by Gasteiger charge is 2.11. The zero-order valence-electron chi connectivity index (χ0n) is 7.35. The minimum atomic E-state index is -0.119. The van der Waals surface area contributed by atoms with Crippen molar-refractivity contribution < 1.29 is 9.84 Å². The van der Waals surface area contributed by atoms with Gasteiger partial charge in [-0.15, -0.1) is 11.3 Å². The molecule has 74 valence electrons. The van der Waals surface area contributed by atoms with Crippen molar-refractivity contribution in [2.45, 2.75) is 12.5 Å². The van der Waals surface area contributed by atoms with Crippen molar-refractivity contribution in [3.8, 4) is 0 Å². The van der Waals surface area contributed by atoms with E-state index in [1.165, 1.54) is 11.3 Å². The molecule has 5 heteroatoms. The summed E-state index contributed by atoms with van der Waals surface area (Å²) in [5, 5.41) is 11.4. The van der Waals surface area contributed by atoms with Gasteiger partial charge in [0.05, 0.1) is 0 Å². The van der Waals surface area contributed by atoms with Gasteiger partial charge in [-0.3, -0.25) is 0 Å². The number of aliphatic hydroxyl groups is 1. The fraction of sp³-hybridized carbons (Fsp3) is 0.625. The molecular weight excluding hydrogens is 188 g/mol. The van der Waals surface area contributed by atoms with E-state index in [1.807, 2.05) is 5.38 Å². The Labute approximate surface area is 81.4 Å². The van der Waals surface area contributed by atoms with E-state index in [9.17, 15) is 0 Å². The predicted molar refractivity (Wildman–Crippen MR) is 51.6 cm³/mol. The van der Waals surface area contributed by atoms with Crippen LogP contribution in [0.1, 0.15) is 17.5 Å². The molecule has 1 rings (SSSR count). The van der Waals surface area contributed by atoms with Crippen molar-refractivity contribution in [3.05, 3.63) is 16.6 Å². The van der Waals surface area contributed by atoms with E-state index in [1.54, 1.807) is 6.20 Å². The van der Waals surface area contributed by atoms with Crippen molar-refractivity contribution >= 4 is 11.3 Å². The lowest BCUT2D eigenvalue weighted by Gasteiger charge is -2.12. The van der Waals surface area contributed by atoms with E-state index in [0.717, 1.165) is 5.01 Å². The topological polar surface area (TPSA) is 68.4 Å². The van der Waals surface area contributed by atoms with Gasteiger partial charge >= 0.3 is 0 Å². The third kappa shape index (κ3) is 3.40. The highest BCUT2D eigenvalue weighted by molar-refractivity contribution is 7.09. The van der Waals surface area contributed by atoms with Crippen LogP contribution in [0.15, 0.2) is 11.6 Å². The molecular formula is C8H14N2O2S. The maximum atomic E-state index is 8.56. The normalized spacial score (nSPS) is 13.1. The van der Waals surface area contributed by atoms with E-state index in [2.05, 4.69) is 4.98 Å². The van der Waals surface area contributed by atoms with Crippen molar-refractivity contribution in [1.29, 1.82) is 0 Å². The van der Waals surface area contributed by atoms with Crippen LogP contribution >= 0.6 is 11.3 Å². The first-order valence-corrected chi connectivity index (χ1v) is 5.08. The van der Waals surface area contributed by atoms with Gasteiger partial charge in [0, 0.05) is 31.3 Å². The Bertz CT molecular complexity index is 216. The number of thiazole rings is 1. The number of ether oxygens (including phenoxy) is 1. The maximum absolute atomic E-state index is 8.56. The maximum Gasteiger partial charge on any atom is 0.123 e. The summed E-state index contributed by atoms with van der Waals surface area (Å²) in [6.07, 6.45) is 2.26. The van der Waals surface area contributed by atoms with Gasteiger partial charge in [0.1, 0.15) is 11.1 Å².